The van der Waals surface area contributed by atoms with E-state index in [1.165, 1.54) is 0 Å². The first-order valence-electron chi connectivity index (χ1n) is 6.39. The largest absolute Gasteiger partial charge is 0.495 e. The molecule has 0 saturated heterocycles. The van der Waals surface area contributed by atoms with Crippen molar-refractivity contribution in [1.29, 1.82) is 0 Å². The van der Waals surface area contributed by atoms with Crippen LogP contribution >= 0.6 is 0 Å². The van der Waals surface area contributed by atoms with Crippen LogP contribution in [0.4, 0.5) is 5.69 Å². The summed E-state index contributed by atoms with van der Waals surface area (Å²) >= 11 is 0. The molecule has 0 atom stereocenters. The number of rotatable bonds is 4. The van der Waals surface area contributed by atoms with Gasteiger partial charge in [-0.15, -0.1) is 0 Å². The lowest BCUT2D eigenvalue weighted by molar-refractivity contribution is -0.116. The van der Waals surface area contributed by atoms with Gasteiger partial charge in [-0.25, -0.2) is 0 Å². The molecule has 100 valence electrons. The van der Waals surface area contributed by atoms with Crippen molar-refractivity contribution in [3.05, 3.63) is 23.8 Å². The molecule has 4 nitrogen and oxygen atoms in total. The summed E-state index contributed by atoms with van der Waals surface area (Å²) < 4.78 is 5.24. The average molecular weight is 258 g/mol. The molecule has 19 heavy (non-hydrogen) atoms. The van der Waals surface area contributed by atoms with Gasteiger partial charge in [0.15, 0.2) is 0 Å². The van der Waals surface area contributed by atoms with E-state index in [9.17, 15) is 4.79 Å². The second-order valence-corrected chi connectivity index (χ2v) is 4.62. The third-order valence-corrected chi connectivity index (χ3v) is 2.98. The number of nitrogens with two attached hydrogens (primary N) is 1. The minimum Gasteiger partial charge on any atom is -0.495 e. The number of carbonyl (C=O) groups excluding carboxylic acids is 1. The van der Waals surface area contributed by atoms with E-state index in [2.05, 4.69) is 17.2 Å². The molecule has 0 bridgehead atoms. The van der Waals surface area contributed by atoms with E-state index >= 15 is 0 Å². The van der Waals surface area contributed by atoms with Gasteiger partial charge in [-0.05, 0) is 37.0 Å². The zero-order valence-electron chi connectivity index (χ0n) is 11.0. The highest BCUT2D eigenvalue weighted by Gasteiger charge is 2.24. The highest BCUT2D eigenvalue weighted by atomic mass is 16.5. The molecule has 0 radical (unpaired) electrons. The summed E-state index contributed by atoms with van der Waals surface area (Å²) in [4.78, 5) is 11.8. The number of carbonyl (C=O) groups is 1. The van der Waals surface area contributed by atoms with E-state index in [1.807, 2.05) is 12.1 Å². The Hall–Kier alpha value is -1.99. The van der Waals surface area contributed by atoms with Crippen LogP contribution in [-0.2, 0) is 4.79 Å². The number of methoxy groups -OCH3 is 1. The van der Waals surface area contributed by atoms with Crippen LogP contribution in [-0.4, -0.2) is 19.6 Å². The Labute approximate surface area is 113 Å². The van der Waals surface area contributed by atoms with E-state index in [0.29, 0.717) is 30.3 Å². The monoisotopic (exact) mass is 258 g/mol. The van der Waals surface area contributed by atoms with Gasteiger partial charge in [-0.2, -0.15) is 0 Å². The minimum absolute atomic E-state index is 0.0322. The Balaban J connectivity index is 2.12. The molecule has 4 heteroatoms. The first-order chi connectivity index (χ1) is 9.22. The van der Waals surface area contributed by atoms with Crippen molar-refractivity contribution >= 4 is 11.6 Å². The topological polar surface area (TPSA) is 64.3 Å². The van der Waals surface area contributed by atoms with Gasteiger partial charge in [-0.1, -0.05) is 11.8 Å². The molecule has 1 aromatic carbocycles. The van der Waals surface area contributed by atoms with Gasteiger partial charge in [0.25, 0.3) is 0 Å². The Morgan fingerprint density at radius 2 is 2.32 bits per heavy atom. The predicted molar refractivity (Wildman–Crippen MR) is 74.9 cm³/mol. The third-order valence-electron chi connectivity index (χ3n) is 2.98. The number of nitrogens with one attached hydrogen (secondary N) is 1. The zero-order chi connectivity index (χ0) is 13.7. The van der Waals surface area contributed by atoms with Gasteiger partial charge in [0.2, 0.25) is 5.91 Å². The van der Waals surface area contributed by atoms with Crippen LogP contribution < -0.4 is 15.8 Å². The SMILES string of the molecule is COc1ccc(C#CCN)cc1NC(=O)CC1CC1. The maximum atomic E-state index is 11.8. The van der Waals surface area contributed by atoms with Crippen LogP contribution in [0.15, 0.2) is 18.2 Å². The predicted octanol–water partition coefficient (Wildman–Crippen LogP) is 1.74. The fourth-order valence-corrected chi connectivity index (χ4v) is 1.82. The van der Waals surface area contributed by atoms with Gasteiger partial charge in [0.05, 0.1) is 19.3 Å². The molecule has 1 aliphatic rings. The first-order valence-corrected chi connectivity index (χ1v) is 6.39. The van der Waals surface area contributed by atoms with Gasteiger partial charge >= 0.3 is 0 Å². The van der Waals surface area contributed by atoms with Crippen molar-refractivity contribution in [2.24, 2.45) is 11.7 Å². The van der Waals surface area contributed by atoms with Gasteiger partial charge in [-0.3, -0.25) is 4.79 Å². The van der Waals surface area contributed by atoms with E-state index in [1.54, 1.807) is 13.2 Å². The molecule has 1 fully saturated rings. The van der Waals surface area contributed by atoms with Gasteiger partial charge in [0.1, 0.15) is 5.75 Å². The number of amides is 1. The average Bonchev–Trinajstić information content (AvgIpc) is 3.20. The van der Waals surface area contributed by atoms with Crippen molar-refractivity contribution in [3.63, 3.8) is 0 Å². The maximum Gasteiger partial charge on any atom is 0.224 e. The second kappa shape index (κ2) is 6.26. The van der Waals surface area contributed by atoms with E-state index < -0.39 is 0 Å². The second-order valence-electron chi connectivity index (χ2n) is 4.62. The quantitative estimate of drug-likeness (QED) is 0.809. The Morgan fingerprint density at radius 3 is 2.95 bits per heavy atom. The lowest BCUT2D eigenvalue weighted by Crippen LogP contribution is -2.12. The summed E-state index contributed by atoms with van der Waals surface area (Å²) in [5.41, 5.74) is 6.82. The highest BCUT2D eigenvalue weighted by molar-refractivity contribution is 5.92. The molecule has 2 rings (SSSR count). The van der Waals surface area contributed by atoms with Crippen LogP contribution in [0.2, 0.25) is 0 Å². The Bertz CT molecular complexity index is 525. The standard InChI is InChI=1S/C15H18N2O2/c1-19-14-7-6-11(3-2-8-16)9-13(14)17-15(18)10-12-4-5-12/h6-7,9,12H,4-5,8,10,16H2,1H3,(H,17,18). The normalized spacial score (nSPS) is 13.4. The van der Waals surface area contributed by atoms with E-state index in [4.69, 9.17) is 10.5 Å². The number of hydrogen-bond donors (Lipinski definition) is 2. The summed E-state index contributed by atoms with van der Waals surface area (Å²) in [6, 6.07) is 5.46. The van der Waals surface area contributed by atoms with Crippen LogP contribution in [0.5, 0.6) is 5.75 Å². The van der Waals surface area contributed by atoms with Crippen molar-refractivity contribution in [2.75, 3.05) is 19.0 Å². The Morgan fingerprint density at radius 1 is 1.53 bits per heavy atom. The Kier molecular flexibility index (Phi) is 4.43. The van der Waals surface area contributed by atoms with E-state index in [0.717, 1.165) is 18.4 Å². The molecule has 0 heterocycles. The molecule has 0 aliphatic heterocycles. The van der Waals surface area contributed by atoms with Crippen molar-refractivity contribution < 1.29 is 9.53 Å². The van der Waals surface area contributed by atoms with Crippen molar-refractivity contribution in [3.8, 4) is 17.6 Å². The maximum absolute atomic E-state index is 11.8. The van der Waals surface area contributed by atoms with Crippen molar-refractivity contribution in [1.82, 2.24) is 0 Å². The molecular formula is C15H18N2O2. The number of hydrogen-bond acceptors (Lipinski definition) is 3. The minimum atomic E-state index is 0.0322. The molecule has 3 N–H and O–H groups in total. The number of benzene rings is 1. The molecule has 1 amide bonds. The highest BCUT2D eigenvalue weighted by Crippen LogP contribution is 2.33. The summed E-state index contributed by atoms with van der Waals surface area (Å²) in [5.74, 6) is 6.96. The molecule has 0 unspecified atom stereocenters. The summed E-state index contributed by atoms with van der Waals surface area (Å²) in [7, 11) is 1.58. The van der Waals surface area contributed by atoms with Gasteiger partial charge in [0, 0.05) is 12.0 Å². The lowest BCUT2D eigenvalue weighted by atomic mass is 10.1. The zero-order valence-corrected chi connectivity index (χ0v) is 11.0. The number of anilines is 1. The molecule has 1 aliphatic carbocycles. The summed E-state index contributed by atoms with van der Waals surface area (Å²) in [5, 5.41) is 2.89. The lowest BCUT2D eigenvalue weighted by Gasteiger charge is -2.10. The van der Waals surface area contributed by atoms with Crippen LogP contribution in [0, 0.1) is 17.8 Å². The fraction of sp³-hybridized carbons (Fsp3) is 0.400. The van der Waals surface area contributed by atoms with E-state index in [-0.39, 0.29) is 5.91 Å². The fourth-order valence-electron chi connectivity index (χ4n) is 1.82. The molecule has 1 saturated carbocycles. The smallest absolute Gasteiger partial charge is 0.224 e. The number of ether oxygens (including phenoxy) is 1. The molecule has 1 aromatic rings. The summed E-state index contributed by atoms with van der Waals surface area (Å²) in [6.07, 6.45) is 2.90. The van der Waals surface area contributed by atoms with Crippen LogP contribution in [0.3, 0.4) is 0 Å². The molecule has 0 spiro atoms. The first kappa shape index (κ1) is 13.4. The summed E-state index contributed by atoms with van der Waals surface area (Å²) in [6.45, 7) is 0.315. The van der Waals surface area contributed by atoms with Crippen molar-refractivity contribution in [2.45, 2.75) is 19.3 Å². The van der Waals surface area contributed by atoms with Gasteiger partial charge < -0.3 is 15.8 Å². The molecule has 0 aromatic heterocycles. The third kappa shape index (κ3) is 4.01. The molecular weight excluding hydrogens is 240 g/mol. The van der Waals surface area contributed by atoms with Crippen LogP contribution in [0.25, 0.3) is 0 Å². The van der Waals surface area contributed by atoms with Crippen LogP contribution in [0.1, 0.15) is 24.8 Å².